The second-order valence-electron chi connectivity index (χ2n) is 7.35. The molecular formula is C24H33BrCl2MgO3. The van der Waals surface area contributed by atoms with E-state index in [2.05, 4.69) is 4.74 Å². The van der Waals surface area contributed by atoms with Crippen molar-refractivity contribution in [2.45, 2.75) is 58.0 Å². The van der Waals surface area contributed by atoms with Crippen LogP contribution in [0.3, 0.4) is 0 Å². The first-order valence-corrected chi connectivity index (χ1v) is 10.2. The van der Waals surface area contributed by atoms with Gasteiger partial charge < -0.3 is 34.3 Å². The Bertz CT molecular complexity index is 702. The van der Waals surface area contributed by atoms with Crippen molar-refractivity contribution in [2.75, 3.05) is 7.11 Å². The number of carbonyl (C=O) groups excluding carboxylic acids is 1. The number of aliphatic hydroxyl groups is 1. The molecule has 0 aliphatic heterocycles. The van der Waals surface area contributed by atoms with Crippen LogP contribution in [0.4, 0.5) is 0 Å². The summed E-state index contributed by atoms with van der Waals surface area (Å²) in [6.45, 7) is 3.68. The van der Waals surface area contributed by atoms with Crippen molar-refractivity contribution in [3.05, 3.63) is 77.1 Å². The number of halogens is 3. The van der Waals surface area contributed by atoms with Crippen LogP contribution in [0.5, 0.6) is 0 Å². The van der Waals surface area contributed by atoms with Gasteiger partial charge in [0.1, 0.15) is 0 Å². The molecule has 7 heteroatoms. The molecule has 2 aromatic rings. The molecule has 0 saturated heterocycles. The first kappa shape index (κ1) is 35.3. The smallest absolute Gasteiger partial charge is 1.00 e. The van der Waals surface area contributed by atoms with Crippen molar-refractivity contribution in [3.8, 4) is 0 Å². The Labute approximate surface area is 224 Å². The van der Waals surface area contributed by atoms with Gasteiger partial charge in [-0.05, 0) is 81.3 Å². The molecule has 0 aliphatic rings. The number of hydrogen-bond acceptors (Lipinski definition) is 3. The zero-order chi connectivity index (χ0) is 21.0. The molecule has 2 rings (SSSR count). The molecule has 0 amide bonds. The van der Waals surface area contributed by atoms with Gasteiger partial charge in [-0.2, -0.15) is 0 Å². The van der Waals surface area contributed by atoms with Crippen molar-refractivity contribution < 1.29 is 31.6 Å². The van der Waals surface area contributed by atoms with Crippen LogP contribution in [-0.2, 0) is 22.4 Å². The summed E-state index contributed by atoms with van der Waals surface area (Å²) in [5.41, 5.74) is 1.92. The summed E-state index contributed by atoms with van der Waals surface area (Å²) >= 11 is 11.5. The predicted molar refractivity (Wildman–Crippen MR) is 129 cm³/mol. The van der Waals surface area contributed by atoms with Crippen molar-refractivity contribution in [2.24, 2.45) is 0 Å². The zero-order valence-electron chi connectivity index (χ0n) is 19.0. The molecule has 2 aromatic carbocycles. The van der Waals surface area contributed by atoms with E-state index in [0.717, 1.165) is 42.1 Å². The third-order valence-electron chi connectivity index (χ3n) is 4.15. The molecule has 170 valence electrons. The molecule has 0 aliphatic carbocycles. The Balaban J connectivity index is -0.000000461. The maximum Gasteiger partial charge on any atom is 2.00 e. The number of methoxy groups -OCH3 is 1. The van der Waals surface area contributed by atoms with Crippen LogP contribution in [0.1, 0.15) is 50.7 Å². The number of rotatable bonds is 8. The summed E-state index contributed by atoms with van der Waals surface area (Å²) in [5, 5.41) is 11.0. The number of hydrogen-bond donors (Lipinski definition) is 1. The summed E-state index contributed by atoms with van der Waals surface area (Å²) in [4.78, 5) is 10.8. The van der Waals surface area contributed by atoms with E-state index in [1.165, 1.54) is 18.2 Å². The van der Waals surface area contributed by atoms with Crippen molar-refractivity contribution >= 4 is 52.2 Å². The molecule has 0 spiro atoms. The average molecular weight is 545 g/mol. The van der Waals surface area contributed by atoms with Crippen LogP contribution in [0.2, 0.25) is 10.0 Å². The van der Waals surface area contributed by atoms with E-state index in [1.807, 2.05) is 62.4 Å². The summed E-state index contributed by atoms with van der Waals surface area (Å²) in [7, 11) is 1.41. The van der Waals surface area contributed by atoms with E-state index in [1.54, 1.807) is 0 Å². The van der Waals surface area contributed by atoms with E-state index >= 15 is 0 Å². The predicted octanol–water partition coefficient (Wildman–Crippen LogP) is 3.34. The van der Waals surface area contributed by atoms with Crippen molar-refractivity contribution in [1.29, 1.82) is 0 Å². The van der Waals surface area contributed by atoms with E-state index in [9.17, 15) is 9.90 Å². The van der Waals surface area contributed by atoms with Gasteiger partial charge in [0.15, 0.2) is 0 Å². The van der Waals surface area contributed by atoms with Gasteiger partial charge in [-0.25, -0.2) is 0 Å². The third-order valence-corrected chi connectivity index (χ3v) is 4.66. The van der Waals surface area contributed by atoms with Crippen molar-refractivity contribution in [3.63, 3.8) is 0 Å². The zero-order valence-corrected chi connectivity index (χ0v) is 23.5. The quantitative estimate of drug-likeness (QED) is 0.315. The normalized spacial score (nSPS) is 9.74. The topological polar surface area (TPSA) is 46.5 Å². The largest absolute Gasteiger partial charge is 2.00 e. The van der Waals surface area contributed by atoms with Crippen LogP contribution >= 0.6 is 23.2 Å². The average Bonchev–Trinajstić information content (AvgIpc) is 2.64. The number of esters is 1. The molecule has 0 fully saturated rings. The molecule has 0 unspecified atom stereocenters. The molecule has 3 nitrogen and oxygen atoms in total. The Hall–Kier alpha value is -0.304. The monoisotopic (exact) mass is 542 g/mol. The number of benzene rings is 2. The fourth-order valence-electron chi connectivity index (χ4n) is 2.57. The van der Waals surface area contributed by atoms with Crippen molar-refractivity contribution in [1.82, 2.24) is 0 Å². The van der Waals surface area contributed by atoms with Gasteiger partial charge in [0, 0.05) is 16.5 Å². The van der Waals surface area contributed by atoms with E-state index in [0.29, 0.717) is 6.42 Å². The number of carbonyl (C=O) groups is 1. The molecule has 0 heterocycles. The fourth-order valence-corrected chi connectivity index (χ4v) is 2.82. The van der Waals surface area contributed by atoms with Crippen LogP contribution < -0.4 is 17.0 Å². The maximum absolute atomic E-state index is 10.8. The van der Waals surface area contributed by atoms with Gasteiger partial charge >= 0.3 is 29.0 Å². The molecule has 0 bridgehead atoms. The summed E-state index contributed by atoms with van der Waals surface area (Å²) in [6, 6.07) is 15.5. The number of aryl methyl sites for hydroxylation is 2. The summed E-state index contributed by atoms with van der Waals surface area (Å²) in [6.07, 6.45) is 5.00. The van der Waals surface area contributed by atoms with E-state index in [4.69, 9.17) is 23.2 Å². The van der Waals surface area contributed by atoms with E-state index < -0.39 is 5.60 Å². The minimum Gasteiger partial charge on any atom is -1.00 e. The Kier molecular flexibility index (Phi) is 21.8. The molecule has 0 atom stereocenters. The molecule has 0 radical (unpaired) electrons. The van der Waals surface area contributed by atoms with Crippen LogP contribution in [0.25, 0.3) is 0 Å². The molecule has 31 heavy (non-hydrogen) atoms. The Morgan fingerprint density at radius 1 is 0.903 bits per heavy atom. The molecule has 0 saturated carbocycles. The standard InChI is InChI=1S/C12H17ClO.C11H13ClO2.CH3.BrH.Mg/c1-12(2,14)9-3-4-10-5-7-11(13)8-6-10;1-14-11(13)4-2-3-9-5-7-10(12)8-6-9;;;/h5-8,14H,3-4,9H2,1-2H3;5-8H,2-4H2,1H3;1H3;1H;/q;;-1;;+2/p-1. The summed E-state index contributed by atoms with van der Waals surface area (Å²) < 4.78 is 4.55. The van der Waals surface area contributed by atoms with Crippen LogP contribution in [-0.4, -0.2) is 46.8 Å². The van der Waals surface area contributed by atoms with Gasteiger partial charge in [-0.1, -0.05) is 47.5 Å². The molecule has 0 aromatic heterocycles. The Morgan fingerprint density at radius 3 is 1.65 bits per heavy atom. The Morgan fingerprint density at radius 2 is 1.29 bits per heavy atom. The van der Waals surface area contributed by atoms with Gasteiger partial charge in [-0.3, -0.25) is 4.79 Å². The molecular weight excluding hydrogens is 511 g/mol. The fraction of sp³-hybridized carbons (Fsp3) is 0.417. The number of ether oxygens (including phenoxy) is 1. The second kappa shape index (κ2) is 19.2. The van der Waals surface area contributed by atoms with E-state index in [-0.39, 0.29) is 53.4 Å². The van der Waals surface area contributed by atoms with Gasteiger partial charge in [0.25, 0.3) is 0 Å². The summed E-state index contributed by atoms with van der Waals surface area (Å²) in [5.74, 6) is -0.154. The minimum atomic E-state index is -0.549. The minimum absolute atomic E-state index is 0. The van der Waals surface area contributed by atoms with Gasteiger partial charge in [0.2, 0.25) is 0 Å². The maximum atomic E-state index is 10.8. The third kappa shape index (κ3) is 18.9. The van der Waals surface area contributed by atoms with Crippen LogP contribution in [0.15, 0.2) is 48.5 Å². The first-order chi connectivity index (χ1) is 13.2. The SMILES string of the molecule is CC(C)(O)CCCc1ccc(Cl)cc1.COC(=O)CCCc1ccc(Cl)cc1.[Br-].[CH3-].[Mg+2]. The molecule has 1 N–H and O–H groups in total. The van der Waals surface area contributed by atoms with Gasteiger partial charge in [0.05, 0.1) is 12.7 Å². The second-order valence-corrected chi connectivity index (χ2v) is 8.22. The first-order valence-electron chi connectivity index (χ1n) is 9.48. The van der Waals surface area contributed by atoms with Gasteiger partial charge in [-0.15, -0.1) is 0 Å². The van der Waals surface area contributed by atoms with Crippen LogP contribution in [0, 0.1) is 7.43 Å².